The zero-order valence-electron chi connectivity index (χ0n) is 8.79. The van der Waals surface area contributed by atoms with E-state index in [9.17, 15) is 9.18 Å². The van der Waals surface area contributed by atoms with Crippen molar-refractivity contribution >= 4 is 21.8 Å². The van der Waals surface area contributed by atoms with Crippen molar-refractivity contribution < 1.29 is 9.18 Å². The summed E-state index contributed by atoms with van der Waals surface area (Å²) in [5.41, 5.74) is 6.16. The van der Waals surface area contributed by atoms with Gasteiger partial charge in [-0.05, 0) is 40.5 Å². The van der Waals surface area contributed by atoms with E-state index in [4.69, 9.17) is 5.73 Å². The van der Waals surface area contributed by atoms with Gasteiger partial charge in [0.15, 0.2) is 5.69 Å². The SMILES string of the molecule is Cc1cc(Br)c(F)c(-c2n[nH]nc2C(N)=O)c1. The van der Waals surface area contributed by atoms with E-state index in [0.29, 0.717) is 4.47 Å². The van der Waals surface area contributed by atoms with Gasteiger partial charge in [0.05, 0.1) is 4.47 Å². The minimum atomic E-state index is -0.759. The Balaban J connectivity index is 2.68. The molecular weight excluding hydrogens is 291 g/mol. The molecule has 0 aliphatic carbocycles. The van der Waals surface area contributed by atoms with E-state index < -0.39 is 11.7 Å². The number of aromatic nitrogens is 3. The Kier molecular flexibility index (Phi) is 2.93. The van der Waals surface area contributed by atoms with E-state index in [0.717, 1.165) is 5.56 Å². The molecule has 88 valence electrons. The van der Waals surface area contributed by atoms with Gasteiger partial charge in [0.2, 0.25) is 0 Å². The molecule has 0 spiro atoms. The molecule has 2 aromatic rings. The Morgan fingerprint density at radius 3 is 2.82 bits per heavy atom. The number of nitrogens with zero attached hydrogens (tertiary/aromatic N) is 2. The van der Waals surface area contributed by atoms with Crippen molar-refractivity contribution in [3.63, 3.8) is 0 Å². The minimum Gasteiger partial charge on any atom is -0.364 e. The van der Waals surface area contributed by atoms with E-state index in [1.54, 1.807) is 19.1 Å². The largest absolute Gasteiger partial charge is 0.364 e. The normalized spacial score (nSPS) is 10.5. The van der Waals surface area contributed by atoms with Crippen LogP contribution in [0.4, 0.5) is 4.39 Å². The first-order valence-corrected chi connectivity index (χ1v) is 5.46. The highest BCUT2D eigenvalue weighted by atomic mass is 79.9. The summed E-state index contributed by atoms with van der Waals surface area (Å²) in [5, 5.41) is 9.61. The predicted octanol–water partition coefficient (Wildman–Crippen LogP) is 1.78. The Labute approximate surface area is 104 Å². The van der Waals surface area contributed by atoms with E-state index in [-0.39, 0.29) is 17.0 Å². The number of benzene rings is 1. The molecule has 0 aliphatic heterocycles. The molecule has 0 bridgehead atoms. The maximum absolute atomic E-state index is 13.9. The first-order valence-electron chi connectivity index (χ1n) is 4.67. The summed E-state index contributed by atoms with van der Waals surface area (Å²) in [6.07, 6.45) is 0. The van der Waals surface area contributed by atoms with Crippen molar-refractivity contribution in [1.82, 2.24) is 15.4 Å². The standard InChI is InChI=1S/C10H8BrFN4O/c1-4-2-5(7(12)6(11)3-4)8-9(10(13)17)15-16-14-8/h2-3H,1H3,(H2,13,17)(H,14,15,16). The smallest absolute Gasteiger partial charge is 0.271 e. The molecule has 1 heterocycles. The van der Waals surface area contributed by atoms with Crippen LogP contribution in [0.1, 0.15) is 16.1 Å². The van der Waals surface area contributed by atoms with Crippen molar-refractivity contribution in [2.24, 2.45) is 5.73 Å². The number of nitrogens with two attached hydrogens (primary N) is 1. The van der Waals surface area contributed by atoms with Gasteiger partial charge in [0, 0.05) is 5.56 Å². The second kappa shape index (κ2) is 4.25. The van der Waals surface area contributed by atoms with Crippen molar-refractivity contribution in [3.05, 3.63) is 33.7 Å². The van der Waals surface area contributed by atoms with Crippen molar-refractivity contribution in [2.45, 2.75) is 6.92 Å². The highest BCUT2D eigenvalue weighted by Gasteiger charge is 2.19. The summed E-state index contributed by atoms with van der Waals surface area (Å²) in [5.74, 6) is -1.27. The van der Waals surface area contributed by atoms with Gasteiger partial charge in [-0.1, -0.05) is 0 Å². The number of nitrogens with one attached hydrogen (secondary N) is 1. The lowest BCUT2D eigenvalue weighted by Crippen LogP contribution is -2.13. The fraction of sp³-hybridized carbons (Fsp3) is 0.100. The summed E-state index contributed by atoms with van der Waals surface area (Å²) in [7, 11) is 0. The molecule has 0 fully saturated rings. The van der Waals surface area contributed by atoms with Crippen molar-refractivity contribution in [1.29, 1.82) is 0 Å². The Hall–Kier alpha value is -1.76. The van der Waals surface area contributed by atoms with Crippen LogP contribution in [0.15, 0.2) is 16.6 Å². The second-order valence-electron chi connectivity index (χ2n) is 3.49. The van der Waals surface area contributed by atoms with Crippen molar-refractivity contribution in [2.75, 3.05) is 0 Å². The maximum atomic E-state index is 13.9. The summed E-state index contributed by atoms with van der Waals surface area (Å²) in [6.45, 7) is 1.80. The van der Waals surface area contributed by atoms with Crippen LogP contribution < -0.4 is 5.73 Å². The predicted molar refractivity (Wildman–Crippen MR) is 62.7 cm³/mol. The zero-order chi connectivity index (χ0) is 12.6. The fourth-order valence-electron chi connectivity index (χ4n) is 1.49. The molecule has 3 N–H and O–H groups in total. The Morgan fingerprint density at radius 1 is 1.47 bits per heavy atom. The molecule has 0 aliphatic rings. The second-order valence-corrected chi connectivity index (χ2v) is 4.35. The quantitative estimate of drug-likeness (QED) is 0.886. The summed E-state index contributed by atoms with van der Waals surface area (Å²) in [4.78, 5) is 11.1. The van der Waals surface area contributed by atoms with E-state index in [1.165, 1.54) is 0 Å². The van der Waals surface area contributed by atoms with Gasteiger partial charge >= 0.3 is 0 Å². The summed E-state index contributed by atoms with van der Waals surface area (Å²) in [6, 6.07) is 3.20. The highest BCUT2D eigenvalue weighted by Crippen LogP contribution is 2.29. The van der Waals surface area contributed by atoms with Gasteiger partial charge in [-0.15, -0.1) is 0 Å². The van der Waals surface area contributed by atoms with Gasteiger partial charge < -0.3 is 5.73 Å². The number of hydrogen-bond acceptors (Lipinski definition) is 3. The average molecular weight is 299 g/mol. The molecule has 0 atom stereocenters. The molecule has 1 aromatic carbocycles. The Morgan fingerprint density at radius 2 is 2.18 bits per heavy atom. The topological polar surface area (TPSA) is 84.7 Å². The number of halogens is 2. The van der Waals surface area contributed by atoms with Crippen LogP contribution in [0.25, 0.3) is 11.3 Å². The van der Waals surface area contributed by atoms with Crippen molar-refractivity contribution in [3.8, 4) is 11.3 Å². The van der Waals surface area contributed by atoms with Gasteiger partial charge in [0.25, 0.3) is 5.91 Å². The number of H-pyrrole nitrogens is 1. The number of aromatic amines is 1. The molecule has 2 rings (SSSR count). The van der Waals surface area contributed by atoms with E-state index in [2.05, 4.69) is 31.3 Å². The monoisotopic (exact) mass is 298 g/mol. The lowest BCUT2D eigenvalue weighted by Gasteiger charge is -2.04. The fourth-order valence-corrected chi connectivity index (χ4v) is 2.06. The molecule has 0 radical (unpaired) electrons. The summed E-state index contributed by atoms with van der Waals surface area (Å²) >= 11 is 3.09. The van der Waals surface area contributed by atoms with Crippen LogP contribution >= 0.6 is 15.9 Å². The molecular formula is C10H8BrFN4O. The van der Waals surface area contributed by atoms with Crippen LogP contribution in [0, 0.1) is 12.7 Å². The number of amides is 1. The van der Waals surface area contributed by atoms with Gasteiger partial charge in [-0.2, -0.15) is 15.4 Å². The van der Waals surface area contributed by atoms with Gasteiger partial charge in [-0.25, -0.2) is 4.39 Å². The van der Waals surface area contributed by atoms with Crippen LogP contribution in [-0.2, 0) is 0 Å². The third-order valence-electron chi connectivity index (χ3n) is 2.21. The molecule has 0 saturated carbocycles. The average Bonchev–Trinajstić information content (AvgIpc) is 2.72. The van der Waals surface area contributed by atoms with Gasteiger partial charge in [-0.3, -0.25) is 4.79 Å². The number of primary amides is 1. The summed E-state index contributed by atoms with van der Waals surface area (Å²) < 4.78 is 14.2. The molecule has 17 heavy (non-hydrogen) atoms. The van der Waals surface area contributed by atoms with Crippen LogP contribution in [-0.4, -0.2) is 21.3 Å². The Bertz CT molecular complexity index is 596. The number of carbonyl (C=O) groups is 1. The lowest BCUT2D eigenvalue weighted by molar-refractivity contribution is 0.0996. The van der Waals surface area contributed by atoms with Crippen LogP contribution in [0.5, 0.6) is 0 Å². The third-order valence-corrected chi connectivity index (χ3v) is 2.79. The lowest BCUT2D eigenvalue weighted by atomic mass is 10.1. The number of hydrogen-bond donors (Lipinski definition) is 2. The minimum absolute atomic E-state index is 0.0820. The first kappa shape index (κ1) is 11.7. The van der Waals surface area contributed by atoms with E-state index in [1.807, 2.05) is 0 Å². The third kappa shape index (κ3) is 2.05. The zero-order valence-corrected chi connectivity index (χ0v) is 10.4. The van der Waals surface area contributed by atoms with E-state index >= 15 is 0 Å². The number of aryl methyl sites for hydroxylation is 1. The van der Waals surface area contributed by atoms with Crippen LogP contribution in [0.3, 0.4) is 0 Å². The molecule has 5 nitrogen and oxygen atoms in total. The first-order chi connectivity index (χ1) is 8.00. The highest BCUT2D eigenvalue weighted by molar-refractivity contribution is 9.10. The molecule has 0 unspecified atom stereocenters. The number of rotatable bonds is 2. The maximum Gasteiger partial charge on any atom is 0.271 e. The molecule has 1 amide bonds. The molecule has 1 aromatic heterocycles. The van der Waals surface area contributed by atoms with Crippen LogP contribution in [0.2, 0.25) is 0 Å². The van der Waals surface area contributed by atoms with Gasteiger partial charge in [0.1, 0.15) is 11.5 Å². The molecule has 7 heteroatoms. The number of carbonyl (C=O) groups excluding carboxylic acids is 1. The molecule has 0 saturated heterocycles.